The second-order valence-electron chi connectivity index (χ2n) is 6.61. The fraction of sp³-hybridized carbons (Fsp3) is 0.100. The molecule has 0 saturated heterocycles. The number of hydrogen-bond donors (Lipinski definition) is 3. The predicted octanol–water partition coefficient (Wildman–Crippen LogP) is 4.30. The fourth-order valence-electron chi connectivity index (χ4n) is 3.35. The Morgan fingerprint density at radius 2 is 1.93 bits per heavy atom. The van der Waals surface area contributed by atoms with Gasteiger partial charge in [-0.25, -0.2) is 4.68 Å². The molecule has 0 amide bonds. The molecular weight excluding hydrogens is 392 g/mol. The predicted molar refractivity (Wildman–Crippen MR) is 114 cm³/mol. The molecule has 4 aromatic rings. The molecule has 6 nitrogen and oxygen atoms in total. The molecule has 0 radical (unpaired) electrons. The van der Waals surface area contributed by atoms with Gasteiger partial charge < -0.3 is 10.7 Å². The normalized spacial score (nSPS) is 14.4. The van der Waals surface area contributed by atoms with Crippen molar-refractivity contribution in [3.63, 3.8) is 0 Å². The minimum Gasteiger partial charge on any atom is -0.361 e. The summed E-state index contributed by atoms with van der Waals surface area (Å²) in [6.45, 7) is 0. The van der Waals surface area contributed by atoms with Gasteiger partial charge >= 0.3 is 0 Å². The zero-order valence-electron chi connectivity index (χ0n) is 14.8. The van der Waals surface area contributed by atoms with E-state index in [0.29, 0.717) is 17.3 Å². The highest BCUT2D eigenvalue weighted by molar-refractivity contribution is 8.02. The van der Waals surface area contributed by atoms with Crippen LogP contribution in [-0.2, 0) is 6.42 Å². The minimum atomic E-state index is -0.293. The van der Waals surface area contributed by atoms with E-state index >= 15 is 0 Å². The van der Waals surface area contributed by atoms with Crippen LogP contribution in [-0.4, -0.2) is 19.9 Å². The summed E-state index contributed by atoms with van der Waals surface area (Å²) in [6.07, 6.45) is 2.67. The quantitative estimate of drug-likeness (QED) is 0.468. The number of nitrogens with zero attached hydrogens (tertiary/aromatic N) is 3. The molecule has 140 valence electrons. The van der Waals surface area contributed by atoms with E-state index in [0.717, 1.165) is 27.5 Å². The van der Waals surface area contributed by atoms with Gasteiger partial charge in [-0.3, -0.25) is 5.43 Å². The number of hydrogen-bond acceptors (Lipinski definition) is 5. The van der Waals surface area contributed by atoms with Crippen molar-refractivity contribution in [3.8, 4) is 0 Å². The lowest BCUT2D eigenvalue weighted by molar-refractivity contribution is 0.629. The number of nitrogens with two attached hydrogens (primary N) is 1. The summed E-state index contributed by atoms with van der Waals surface area (Å²) in [5.74, 6) is 0.701. The lowest BCUT2D eigenvalue weighted by Crippen LogP contribution is -2.25. The van der Waals surface area contributed by atoms with Gasteiger partial charge in [0, 0.05) is 33.1 Å². The first-order valence-corrected chi connectivity index (χ1v) is 10.1. The maximum Gasteiger partial charge on any atom is 0.214 e. The summed E-state index contributed by atoms with van der Waals surface area (Å²) in [5, 5.41) is 13.3. The summed E-state index contributed by atoms with van der Waals surface area (Å²) in [5.41, 5.74) is 14.2. The standard InChI is InChI=1S/C20H17ClN6S/c21-14-7-5-12(6-8-14)18-11-28-20-25-24-19(27(20)26-18)16(22)9-13-10-23-17-4-2-1-3-15(13)17/h1-8,10-11,16,23,26H,9,22H2/t16-/m0/s1. The average molecular weight is 409 g/mol. The molecule has 2 aromatic carbocycles. The number of aromatic amines is 1. The first-order valence-electron chi connectivity index (χ1n) is 8.85. The number of benzene rings is 2. The molecule has 3 heterocycles. The zero-order chi connectivity index (χ0) is 19.1. The van der Waals surface area contributed by atoms with Crippen LogP contribution in [0.5, 0.6) is 0 Å². The van der Waals surface area contributed by atoms with E-state index < -0.39 is 0 Å². The maximum atomic E-state index is 6.53. The fourth-order valence-corrected chi connectivity index (χ4v) is 4.22. The molecule has 0 fully saturated rings. The molecule has 1 aliphatic heterocycles. The van der Waals surface area contributed by atoms with E-state index in [-0.39, 0.29) is 6.04 Å². The second kappa shape index (κ2) is 7.01. The van der Waals surface area contributed by atoms with Gasteiger partial charge in [-0.1, -0.05) is 53.7 Å². The topological polar surface area (TPSA) is 84.6 Å². The number of aromatic nitrogens is 4. The Morgan fingerprint density at radius 1 is 1.11 bits per heavy atom. The molecular formula is C20H17ClN6S. The van der Waals surface area contributed by atoms with E-state index in [1.54, 1.807) is 0 Å². The molecule has 1 aliphatic rings. The van der Waals surface area contributed by atoms with E-state index in [2.05, 4.69) is 32.7 Å². The van der Waals surface area contributed by atoms with Crippen molar-refractivity contribution < 1.29 is 0 Å². The Labute approximate surface area is 170 Å². The number of rotatable bonds is 4. The minimum absolute atomic E-state index is 0.293. The van der Waals surface area contributed by atoms with Crippen LogP contribution in [0.3, 0.4) is 0 Å². The Bertz CT molecular complexity index is 1180. The molecule has 8 heteroatoms. The molecule has 0 unspecified atom stereocenters. The van der Waals surface area contributed by atoms with Crippen molar-refractivity contribution in [1.29, 1.82) is 0 Å². The van der Waals surface area contributed by atoms with Crippen LogP contribution < -0.4 is 11.2 Å². The molecule has 0 spiro atoms. The summed E-state index contributed by atoms with van der Waals surface area (Å²) in [7, 11) is 0. The summed E-state index contributed by atoms with van der Waals surface area (Å²) in [4.78, 5) is 3.30. The van der Waals surface area contributed by atoms with Gasteiger partial charge in [-0.15, -0.1) is 10.2 Å². The maximum absolute atomic E-state index is 6.53. The highest BCUT2D eigenvalue weighted by atomic mass is 35.5. The van der Waals surface area contributed by atoms with Crippen LogP contribution in [0.15, 0.2) is 65.3 Å². The molecule has 0 saturated carbocycles. The van der Waals surface area contributed by atoms with Crippen molar-refractivity contribution >= 4 is 40.0 Å². The van der Waals surface area contributed by atoms with Crippen LogP contribution in [0, 0.1) is 0 Å². The number of fused-ring (bicyclic) bond motifs is 2. The monoisotopic (exact) mass is 408 g/mol. The van der Waals surface area contributed by atoms with Crippen LogP contribution >= 0.6 is 23.4 Å². The lowest BCUT2D eigenvalue weighted by Gasteiger charge is -2.21. The Kier molecular flexibility index (Phi) is 4.35. The third kappa shape index (κ3) is 3.07. The number of nitrogens with one attached hydrogen (secondary N) is 2. The lowest BCUT2D eigenvalue weighted by atomic mass is 10.1. The Balaban J connectivity index is 1.41. The molecule has 28 heavy (non-hydrogen) atoms. The van der Waals surface area contributed by atoms with Gasteiger partial charge in [0.1, 0.15) is 0 Å². The van der Waals surface area contributed by atoms with Crippen LogP contribution in [0.2, 0.25) is 5.02 Å². The van der Waals surface area contributed by atoms with E-state index in [9.17, 15) is 0 Å². The zero-order valence-corrected chi connectivity index (χ0v) is 16.3. The Hall–Kier alpha value is -2.74. The van der Waals surface area contributed by atoms with Crippen LogP contribution in [0.1, 0.15) is 23.0 Å². The van der Waals surface area contributed by atoms with E-state index in [1.807, 2.05) is 52.7 Å². The average Bonchev–Trinajstić information content (AvgIpc) is 3.32. The largest absolute Gasteiger partial charge is 0.361 e. The molecule has 5 rings (SSSR count). The number of para-hydroxylation sites is 1. The molecule has 4 N–H and O–H groups in total. The number of H-pyrrole nitrogens is 1. The first kappa shape index (κ1) is 17.4. The van der Waals surface area contributed by atoms with E-state index in [4.69, 9.17) is 17.3 Å². The van der Waals surface area contributed by atoms with Gasteiger partial charge in [0.05, 0.1) is 11.7 Å². The van der Waals surface area contributed by atoms with E-state index in [1.165, 1.54) is 17.1 Å². The van der Waals surface area contributed by atoms with Crippen molar-refractivity contribution in [2.75, 3.05) is 5.43 Å². The third-order valence-electron chi connectivity index (χ3n) is 4.77. The van der Waals surface area contributed by atoms with Crippen molar-refractivity contribution in [3.05, 3.63) is 82.1 Å². The van der Waals surface area contributed by atoms with Crippen molar-refractivity contribution in [2.45, 2.75) is 17.6 Å². The van der Waals surface area contributed by atoms with Crippen LogP contribution in [0.25, 0.3) is 16.6 Å². The first-order chi connectivity index (χ1) is 13.7. The van der Waals surface area contributed by atoms with Gasteiger partial charge in [0.15, 0.2) is 5.82 Å². The molecule has 0 aliphatic carbocycles. The van der Waals surface area contributed by atoms with Gasteiger partial charge in [-0.05, 0) is 30.2 Å². The number of halogens is 1. The smallest absolute Gasteiger partial charge is 0.214 e. The molecule has 2 aromatic heterocycles. The molecule has 1 atom stereocenters. The second-order valence-corrected chi connectivity index (χ2v) is 7.89. The highest BCUT2D eigenvalue weighted by Gasteiger charge is 2.23. The third-order valence-corrected chi connectivity index (χ3v) is 5.86. The summed E-state index contributed by atoms with van der Waals surface area (Å²) < 4.78 is 1.87. The van der Waals surface area contributed by atoms with Gasteiger partial charge in [-0.2, -0.15) is 0 Å². The number of thioether (sulfide) groups is 1. The Morgan fingerprint density at radius 3 is 2.79 bits per heavy atom. The summed E-state index contributed by atoms with van der Waals surface area (Å²) in [6, 6.07) is 15.6. The summed E-state index contributed by atoms with van der Waals surface area (Å²) >= 11 is 7.52. The van der Waals surface area contributed by atoms with Gasteiger partial charge in [0.25, 0.3) is 0 Å². The van der Waals surface area contributed by atoms with Crippen molar-refractivity contribution in [1.82, 2.24) is 19.9 Å². The molecule has 0 bridgehead atoms. The highest BCUT2D eigenvalue weighted by Crippen LogP contribution is 2.31. The van der Waals surface area contributed by atoms with Crippen LogP contribution in [0.4, 0.5) is 0 Å². The van der Waals surface area contributed by atoms with Gasteiger partial charge in [0.2, 0.25) is 5.16 Å². The van der Waals surface area contributed by atoms with Crippen molar-refractivity contribution in [2.24, 2.45) is 5.73 Å². The SMILES string of the molecule is N[C@@H](Cc1c[nH]c2ccccc12)c1nnc2n1NC(c1ccc(Cl)cc1)=CS2.